The number of rotatable bonds is 3. The summed E-state index contributed by atoms with van der Waals surface area (Å²) in [6.45, 7) is 2.95. The molecule has 2 aromatic rings. The second-order valence-electron chi connectivity index (χ2n) is 5.03. The Kier molecular flexibility index (Phi) is 3.97. The molecule has 3 rings (SSSR count). The van der Waals surface area contributed by atoms with Gasteiger partial charge in [-0.2, -0.15) is 0 Å². The lowest BCUT2D eigenvalue weighted by Gasteiger charge is -2.28. The van der Waals surface area contributed by atoms with Gasteiger partial charge in [-0.1, -0.05) is 41.1 Å². The molecule has 0 saturated carbocycles. The van der Waals surface area contributed by atoms with E-state index in [0.29, 0.717) is 6.04 Å². The molecule has 1 atom stereocenters. The third-order valence-corrected chi connectivity index (χ3v) is 4.23. The lowest BCUT2D eigenvalue weighted by atomic mass is 9.99. The number of aryl methyl sites for hydroxylation is 1. The van der Waals surface area contributed by atoms with Crippen LogP contribution in [0.25, 0.3) is 0 Å². The molecular formula is C17H18BrNO. The van der Waals surface area contributed by atoms with Crippen LogP contribution in [0.3, 0.4) is 0 Å². The minimum Gasteiger partial charge on any atom is -0.493 e. The molecule has 1 N–H and O–H groups in total. The number of halogens is 1. The van der Waals surface area contributed by atoms with Crippen molar-refractivity contribution in [2.45, 2.75) is 25.8 Å². The van der Waals surface area contributed by atoms with Crippen molar-refractivity contribution in [3.05, 3.63) is 58.1 Å². The first-order chi connectivity index (χ1) is 9.78. The van der Waals surface area contributed by atoms with Crippen LogP contribution in [0.1, 0.15) is 30.5 Å². The SMILES string of the molecule is CCc1ccccc1NC1CCOc2ccc(Br)cc21. The highest BCUT2D eigenvalue weighted by Gasteiger charge is 2.22. The first kappa shape index (κ1) is 13.5. The van der Waals surface area contributed by atoms with E-state index in [0.717, 1.165) is 29.7 Å². The smallest absolute Gasteiger partial charge is 0.124 e. The van der Waals surface area contributed by atoms with Crippen molar-refractivity contribution in [3.8, 4) is 5.75 Å². The zero-order chi connectivity index (χ0) is 13.9. The molecule has 20 heavy (non-hydrogen) atoms. The molecule has 1 aliphatic rings. The average Bonchev–Trinajstić information content (AvgIpc) is 2.48. The number of para-hydroxylation sites is 1. The molecule has 0 amide bonds. The maximum absolute atomic E-state index is 5.74. The van der Waals surface area contributed by atoms with E-state index in [9.17, 15) is 0 Å². The van der Waals surface area contributed by atoms with E-state index in [4.69, 9.17) is 4.74 Å². The van der Waals surface area contributed by atoms with Crippen LogP contribution in [0.15, 0.2) is 46.9 Å². The van der Waals surface area contributed by atoms with Crippen molar-refractivity contribution < 1.29 is 4.74 Å². The summed E-state index contributed by atoms with van der Waals surface area (Å²) in [5.74, 6) is 0.992. The van der Waals surface area contributed by atoms with E-state index in [2.05, 4.69) is 58.5 Å². The van der Waals surface area contributed by atoms with Crippen LogP contribution in [0.4, 0.5) is 5.69 Å². The molecule has 104 valence electrons. The van der Waals surface area contributed by atoms with Crippen molar-refractivity contribution >= 4 is 21.6 Å². The summed E-state index contributed by atoms with van der Waals surface area (Å²) >= 11 is 3.55. The molecule has 0 aliphatic carbocycles. The zero-order valence-electron chi connectivity index (χ0n) is 11.5. The number of fused-ring (bicyclic) bond motifs is 1. The molecule has 1 aliphatic heterocycles. The van der Waals surface area contributed by atoms with Gasteiger partial charge in [0.15, 0.2) is 0 Å². The van der Waals surface area contributed by atoms with Crippen molar-refractivity contribution in [1.82, 2.24) is 0 Å². The van der Waals surface area contributed by atoms with Gasteiger partial charge in [0.1, 0.15) is 5.75 Å². The zero-order valence-corrected chi connectivity index (χ0v) is 13.1. The van der Waals surface area contributed by atoms with E-state index in [1.807, 2.05) is 12.1 Å². The summed E-state index contributed by atoms with van der Waals surface area (Å²) in [5.41, 5.74) is 3.82. The molecule has 1 unspecified atom stereocenters. The highest BCUT2D eigenvalue weighted by Crippen LogP contribution is 2.36. The van der Waals surface area contributed by atoms with Crippen LogP contribution in [-0.2, 0) is 6.42 Å². The maximum Gasteiger partial charge on any atom is 0.124 e. The number of benzene rings is 2. The highest BCUT2D eigenvalue weighted by molar-refractivity contribution is 9.10. The van der Waals surface area contributed by atoms with Crippen molar-refractivity contribution in [2.24, 2.45) is 0 Å². The Morgan fingerprint density at radius 3 is 2.95 bits per heavy atom. The average molecular weight is 332 g/mol. The van der Waals surface area contributed by atoms with Gasteiger partial charge in [0.05, 0.1) is 12.6 Å². The minimum absolute atomic E-state index is 0.309. The van der Waals surface area contributed by atoms with Gasteiger partial charge in [0.2, 0.25) is 0 Å². The molecule has 0 spiro atoms. The summed E-state index contributed by atoms with van der Waals surface area (Å²) < 4.78 is 6.84. The molecule has 1 heterocycles. The first-order valence-electron chi connectivity index (χ1n) is 7.04. The molecule has 0 saturated heterocycles. The molecule has 2 aromatic carbocycles. The molecule has 3 heteroatoms. The Balaban J connectivity index is 1.91. The summed E-state index contributed by atoms with van der Waals surface area (Å²) in [7, 11) is 0. The van der Waals surface area contributed by atoms with Crippen molar-refractivity contribution in [1.29, 1.82) is 0 Å². The number of ether oxygens (including phenoxy) is 1. The number of nitrogens with one attached hydrogen (secondary N) is 1. The summed E-state index contributed by atoms with van der Waals surface area (Å²) in [6.07, 6.45) is 2.03. The van der Waals surface area contributed by atoms with E-state index in [-0.39, 0.29) is 0 Å². The summed E-state index contributed by atoms with van der Waals surface area (Å²) in [6, 6.07) is 15.1. The molecule has 2 nitrogen and oxygen atoms in total. The fourth-order valence-electron chi connectivity index (χ4n) is 2.67. The summed E-state index contributed by atoms with van der Waals surface area (Å²) in [5, 5.41) is 3.68. The largest absolute Gasteiger partial charge is 0.493 e. The van der Waals surface area contributed by atoms with E-state index in [1.54, 1.807) is 0 Å². The molecule has 0 bridgehead atoms. The minimum atomic E-state index is 0.309. The van der Waals surface area contributed by atoms with Gasteiger partial charge in [-0.3, -0.25) is 0 Å². The molecular weight excluding hydrogens is 314 g/mol. The van der Waals surface area contributed by atoms with Gasteiger partial charge in [-0.25, -0.2) is 0 Å². The van der Waals surface area contributed by atoms with Gasteiger partial charge in [0.25, 0.3) is 0 Å². The fourth-order valence-corrected chi connectivity index (χ4v) is 3.05. The number of anilines is 1. The van der Waals surface area contributed by atoms with E-state index < -0.39 is 0 Å². The standard InChI is InChI=1S/C17H18BrNO/c1-2-12-5-3-4-6-15(12)19-16-9-10-20-17-8-7-13(18)11-14(16)17/h3-8,11,16,19H,2,9-10H2,1H3. The van der Waals surface area contributed by atoms with Gasteiger partial charge in [0, 0.05) is 22.1 Å². The lowest BCUT2D eigenvalue weighted by molar-refractivity contribution is 0.274. The maximum atomic E-state index is 5.74. The lowest BCUT2D eigenvalue weighted by Crippen LogP contribution is -2.20. The third-order valence-electron chi connectivity index (χ3n) is 3.74. The predicted molar refractivity (Wildman–Crippen MR) is 86.4 cm³/mol. The Morgan fingerprint density at radius 2 is 2.10 bits per heavy atom. The van der Waals surface area contributed by atoms with Gasteiger partial charge < -0.3 is 10.1 Å². The van der Waals surface area contributed by atoms with Crippen LogP contribution >= 0.6 is 15.9 Å². The Hall–Kier alpha value is -1.48. The monoisotopic (exact) mass is 331 g/mol. The van der Waals surface area contributed by atoms with Gasteiger partial charge >= 0.3 is 0 Å². The molecule has 0 fully saturated rings. The van der Waals surface area contributed by atoms with Gasteiger partial charge in [-0.05, 0) is 36.2 Å². The molecule has 0 aromatic heterocycles. The summed E-state index contributed by atoms with van der Waals surface area (Å²) in [4.78, 5) is 0. The Morgan fingerprint density at radius 1 is 1.25 bits per heavy atom. The van der Waals surface area contributed by atoms with Crippen molar-refractivity contribution in [2.75, 3.05) is 11.9 Å². The van der Waals surface area contributed by atoms with Crippen LogP contribution in [-0.4, -0.2) is 6.61 Å². The second kappa shape index (κ2) is 5.88. The highest BCUT2D eigenvalue weighted by atomic mass is 79.9. The fraction of sp³-hybridized carbons (Fsp3) is 0.294. The van der Waals surface area contributed by atoms with Crippen LogP contribution in [0.2, 0.25) is 0 Å². The second-order valence-corrected chi connectivity index (χ2v) is 5.94. The normalized spacial score (nSPS) is 17.2. The van der Waals surface area contributed by atoms with Crippen molar-refractivity contribution in [3.63, 3.8) is 0 Å². The van der Waals surface area contributed by atoms with Gasteiger partial charge in [-0.15, -0.1) is 0 Å². The predicted octanol–water partition coefficient (Wildman–Crippen LogP) is 4.95. The van der Waals surface area contributed by atoms with E-state index in [1.165, 1.54) is 16.8 Å². The number of hydrogen-bond donors (Lipinski definition) is 1. The quantitative estimate of drug-likeness (QED) is 0.859. The van der Waals surface area contributed by atoms with Crippen LogP contribution < -0.4 is 10.1 Å². The van der Waals surface area contributed by atoms with Crippen LogP contribution in [0, 0.1) is 0 Å². The number of hydrogen-bond acceptors (Lipinski definition) is 2. The Bertz CT molecular complexity index is 612. The van der Waals surface area contributed by atoms with Crippen LogP contribution in [0.5, 0.6) is 5.75 Å². The third kappa shape index (κ3) is 2.68. The van der Waals surface area contributed by atoms with E-state index >= 15 is 0 Å². The first-order valence-corrected chi connectivity index (χ1v) is 7.84. The topological polar surface area (TPSA) is 21.3 Å². The molecule has 0 radical (unpaired) electrons. The Labute approximate surface area is 128 Å².